The fourth-order valence-corrected chi connectivity index (χ4v) is 1.73. The Hall–Kier alpha value is -1.89. The molecular weight excluding hydrogens is 224 g/mol. The topological polar surface area (TPSA) is 74.8 Å². The number of nitrogens with one attached hydrogen (secondary N) is 3. The summed E-state index contributed by atoms with van der Waals surface area (Å²) in [6.45, 7) is 0. The van der Waals surface area contributed by atoms with E-state index in [4.69, 9.17) is 0 Å². The largest absolute Gasteiger partial charge is 0.357 e. The fourth-order valence-electron chi connectivity index (χ4n) is 1.12. The van der Waals surface area contributed by atoms with Gasteiger partial charge in [-0.2, -0.15) is 15.0 Å². The number of thiophene rings is 1. The van der Waals surface area contributed by atoms with Crippen molar-refractivity contribution in [1.29, 1.82) is 0 Å². The van der Waals surface area contributed by atoms with Crippen LogP contribution in [0.4, 0.5) is 22.8 Å². The first kappa shape index (κ1) is 10.6. The minimum absolute atomic E-state index is 0.520. The molecule has 0 saturated carbocycles. The molecule has 3 N–H and O–H groups in total. The van der Waals surface area contributed by atoms with E-state index in [0.29, 0.717) is 17.8 Å². The van der Waals surface area contributed by atoms with Crippen LogP contribution >= 0.6 is 11.3 Å². The standard InChI is InChI=1S/C9H12N6S/c1-10-7-13-8(11-2)15-9(14-7)12-6-4-3-5-16-6/h3-5H,1-2H3,(H3,10,11,12,13,14,15). The van der Waals surface area contributed by atoms with Crippen LogP contribution in [0.15, 0.2) is 17.5 Å². The maximum atomic E-state index is 4.20. The Bertz CT molecular complexity index is 433. The Balaban J connectivity index is 2.26. The highest BCUT2D eigenvalue weighted by atomic mass is 32.1. The van der Waals surface area contributed by atoms with Gasteiger partial charge in [-0.05, 0) is 17.5 Å². The van der Waals surface area contributed by atoms with Gasteiger partial charge in [0.25, 0.3) is 0 Å². The maximum absolute atomic E-state index is 4.20. The molecule has 0 atom stereocenters. The van der Waals surface area contributed by atoms with Crippen LogP contribution in [-0.4, -0.2) is 29.0 Å². The minimum atomic E-state index is 0.520. The molecule has 6 nitrogen and oxygen atoms in total. The van der Waals surface area contributed by atoms with E-state index in [1.807, 2.05) is 17.5 Å². The second-order valence-corrected chi connectivity index (χ2v) is 3.86. The lowest BCUT2D eigenvalue weighted by molar-refractivity contribution is 1.05. The molecule has 2 rings (SSSR count). The molecule has 0 saturated heterocycles. The smallest absolute Gasteiger partial charge is 0.234 e. The Morgan fingerprint density at radius 1 is 1.00 bits per heavy atom. The van der Waals surface area contributed by atoms with Crippen LogP contribution in [0.1, 0.15) is 0 Å². The predicted octanol–water partition coefficient (Wildman–Crippen LogP) is 1.76. The number of hydrogen-bond acceptors (Lipinski definition) is 7. The molecule has 16 heavy (non-hydrogen) atoms. The summed E-state index contributed by atoms with van der Waals surface area (Å²) < 4.78 is 0. The van der Waals surface area contributed by atoms with Gasteiger partial charge in [0.05, 0.1) is 5.00 Å². The highest BCUT2D eigenvalue weighted by molar-refractivity contribution is 7.14. The second-order valence-electron chi connectivity index (χ2n) is 2.91. The summed E-state index contributed by atoms with van der Waals surface area (Å²) in [5.41, 5.74) is 0. The van der Waals surface area contributed by atoms with Crippen LogP contribution in [0.5, 0.6) is 0 Å². The average molecular weight is 236 g/mol. The van der Waals surface area contributed by atoms with Gasteiger partial charge in [0.2, 0.25) is 17.8 Å². The Kier molecular flexibility index (Phi) is 3.16. The van der Waals surface area contributed by atoms with E-state index >= 15 is 0 Å². The average Bonchev–Trinajstić information content (AvgIpc) is 2.81. The first-order valence-corrected chi connectivity index (χ1v) is 5.62. The molecule has 2 heterocycles. The van der Waals surface area contributed by atoms with E-state index in [2.05, 4.69) is 30.9 Å². The van der Waals surface area contributed by atoms with Crippen LogP contribution in [0.2, 0.25) is 0 Å². The third-order valence-corrected chi connectivity index (χ3v) is 2.62. The minimum Gasteiger partial charge on any atom is -0.357 e. The highest BCUT2D eigenvalue weighted by Crippen LogP contribution is 2.20. The van der Waals surface area contributed by atoms with Gasteiger partial charge in [-0.1, -0.05) is 0 Å². The van der Waals surface area contributed by atoms with Crippen molar-refractivity contribution >= 4 is 34.2 Å². The zero-order chi connectivity index (χ0) is 11.4. The molecule has 0 aliphatic carbocycles. The fraction of sp³-hybridized carbons (Fsp3) is 0.222. The SMILES string of the molecule is CNc1nc(NC)nc(Nc2cccs2)n1. The molecule has 0 bridgehead atoms. The van der Waals surface area contributed by atoms with E-state index in [1.165, 1.54) is 0 Å². The van der Waals surface area contributed by atoms with Crippen LogP contribution in [0.25, 0.3) is 0 Å². The molecule has 2 aromatic heterocycles. The zero-order valence-electron chi connectivity index (χ0n) is 8.98. The molecule has 0 spiro atoms. The van der Waals surface area contributed by atoms with E-state index < -0.39 is 0 Å². The third-order valence-electron chi connectivity index (χ3n) is 1.84. The molecule has 84 valence electrons. The molecule has 0 aromatic carbocycles. The Labute approximate surface area is 97.2 Å². The summed E-state index contributed by atoms with van der Waals surface area (Å²) >= 11 is 1.59. The second kappa shape index (κ2) is 4.75. The first-order chi connectivity index (χ1) is 7.81. The number of aromatic nitrogens is 3. The molecule has 0 aliphatic rings. The third kappa shape index (κ3) is 2.37. The summed E-state index contributed by atoms with van der Waals surface area (Å²) in [4.78, 5) is 12.5. The molecule has 2 aromatic rings. The lowest BCUT2D eigenvalue weighted by atomic mass is 10.6. The van der Waals surface area contributed by atoms with Crippen molar-refractivity contribution in [3.63, 3.8) is 0 Å². The Morgan fingerprint density at radius 2 is 1.62 bits per heavy atom. The molecule has 0 unspecified atom stereocenters. The number of anilines is 4. The van der Waals surface area contributed by atoms with Gasteiger partial charge in [-0.15, -0.1) is 11.3 Å². The van der Waals surface area contributed by atoms with E-state index in [9.17, 15) is 0 Å². The summed E-state index contributed by atoms with van der Waals surface area (Å²) in [7, 11) is 3.54. The monoisotopic (exact) mass is 236 g/mol. The first-order valence-electron chi connectivity index (χ1n) is 4.74. The predicted molar refractivity (Wildman–Crippen MR) is 66.5 cm³/mol. The van der Waals surface area contributed by atoms with Crippen molar-refractivity contribution in [2.24, 2.45) is 0 Å². The van der Waals surface area contributed by atoms with Crippen molar-refractivity contribution < 1.29 is 0 Å². The Morgan fingerprint density at radius 3 is 2.12 bits per heavy atom. The van der Waals surface area contributed by atoms with Crippen LogP contribution in [0, 0.1) is 0 Å². The van der Waals surface area contributed by atoms with Crippen molar-refractivity contribution in [2.75, 3.05) is 30.0 Å². The van der Waals surface area contributed by atoms with Gasteiger partial charge in [-0.25, -0.2) is 0 Å². The quantitative estimate of drug-likeness (QED) is 0.751. The normalized spacial score (nSPS) is 9.88. The van der Waals surface area contributed by atoms with Crippen LogP contribution < -0.4 is 16.0 Å². The lowest BCUT2D eigenvalue weighted by Gasteiger charge is -2.06. The zero-order valence-corrected chi connectivity index (χ0v) is 9.80. The summed E-state index contributed by atoms with van der Waals surface area (Å²) in [6, 6.07) is 3.93. The van der Waals surface area contributed by atoms with E-state index in [1.54, 1.807) is 25.4 Å². The molecule has 0 amide bonds. The van der Waals surface area contributed by atoms with Crippen LogP contribution in [0.3, 0.4) is 0 Å². The number of hydrogen-bond donors (Lipinski definition) is 3. The molecule has 0 fully saturated rings. The molecule has 0 aliphatic heterocycles. The van der Waals surface area contributed by atoms with Crippen LogP contribution in [-0.2, 0) is 0 Å². The number of rotatable bonds is 4. The maximum Gasteiger partial charge on any atom is 0.234 e. The number of nitrogens with zero attached hydrogens (tertiary/aromatic N) is 3. The van der Waals surface area contributed by atoms with Crippen molar-refractivity contribution in [3.8, 4) is 0 Å². The van der Waals surface area contributed by atoms with Crippen molar-refractivity contribution in [3.05, 3.63) is 17.5 Å². The molecular formula is C9H12N6S. The summed E-state index contributed by atoms with van der Waals surface area (Å²) in [5.74, 6) is 1.57. The van der Waals surface area contributed by atoms with Crippen molar-refractivity contribution in [2.45, 2.75) is 0 Å². The summed E-state index contributed by atoms with van der Waals surface area (Å²) in [5, 5.41) is 11.9. The molecule has 0 radical (unpaired) electrons. The highest BCUT2D eigenvalue weighted by Gasteiger charge is 2.04. The van der Waals surface area contributed by atoms with Gasteiger partial charge in [0.1, 0.15) is 0 Å². The van der Waals surface area contributed by atoms with E-state index in [-0.39, 0.29) is 0 Å². The van der Waals surface area contributed by atoms with Gasteiger partial charge in [0, 0.05) is 14.1 Å². The van der Waals surface area contributed by atoms with Gasteiger partial charge >= 0.3 is 0 Å². The molecule has 7 heteroatoms. The van der Waals surface area contributed by atoms with Gasteiger partial charge < -0.3 is 16.0 Å². The summed E-state index contributed by atoms with van der Waals surface area (Å²) in [6.07, 6.45) is 0. The van der Waals surface area contributed by atoms with Gasteiger partial charge in [-0.3, -0.25) is 0 Å². The van der Waals surface area contributed by atoms with Gasteiger partial charge in [0.15, 0.2) is 0 Å². The lowest BCUT2D eigenvalue weighted by Crippen LogP contribution is -2.06. The van der Waals surface area contributed by atoms with Crippen molar-refractivity contribution in [1.82, 2.24) is 15.0 Å². The van der Waals surface area contributed by atoms with E-state index in [0.717, 1.165) is 5.00 Å².